The molecule has 0 amide bonds. The van der Waals surface area contributed by atoms with Gasteiger partial charge in [-0.05, 0) is 37.6 Å². The summed E-state index contributed by atoms with van der Waals surface area (Å²) in [6.07, 6.45) is 0.916. The molecular formula is C14H22ClNO2. The van der Waals surface area contributed by atoms with Gasteiger partial charge in [0.15, 0.2) is 0 Å². The second kappa shape index (κ2) is 8.48. The third-order valence-corrected chi connectivity index (χ3v) is 3.34. The quantitative estimate of drug-likeness (QED) is 0.738. The first-order valence-electron chi connectivity index (χ1n) is 6.19. The number of ether oxygens (including phenoxy) is 2. The second-order valence-electron chi connectivity index (χ2n) is 4.24. The van der Waals surface area contributed by atoms with E-state index in [2.05, 4.69) is 11.4 Å². The van der Waals surface area contributed by atoms with Crippen molar-refractivity contribution in [3.05, 3.63) is 34.3 Å². The lowest BCUT2D eigenvalue weighted by Crippen LogP contribution is -2.19. The summed E-state index contributed by atoms with van der Waals surface area (Å²) in [6, 6.07) is 6.45. The average molecular weight is 272 g/mol. The summed E-state index contributed by atoms with van der Waals surface area (Å²) in [5, 5.41) is 4.10. The van der Waals surface area contributed by atoms with Crippen molar-refractivity contribution in [1.82, 2.24) is 5.32 Å². The normalized spacial score (nSPS) is 12.7. The molecule has 18 heavy (non-hydrogen) atoms. The monoisotopic (exact) mass is 271 g/mol. The molecular weight excluding hydrogens is 250 g/mol. The van der Waals surface area contributed by atoms with Gasteiger partial charge in [0.2, 0.25) is 0 Å². The van der Waals surface area contributed by atoms with Crippen molar-refractivity contribution in [2.75, 3.05) is 34.0 Å². The summed E-state index contributed by atoms with van der Waals surface area (Å²) >= 11 is 6.14. The average Bonchev–Trinajstić information content (AvgIpc) is 2.37. The first kappa shape index (κ1) is 15.4. The highest BCUT2D eigenvalue weighted by Crippen LogP contribution is 2.23. The van der Waals surface area contributed by atoms with E-state index in [9.17, 15) is 0 Å². The van der Waals surface area contributed by atoms with Crippen molar-refractivity contribution >= 4 is 11.6 Å². The molecule has 1 rings (SSSR count). The molecule has 0 saturated carbocycles. The first-order valence-corrected chi connectivity index (χ1v) is 6.56. The zero-order valence-corrected chi connectivity index (χ0v) is 12.1. The van der Waals surface area contributed by atoms with E-state index < -0.39 is 0 Å². The summed E-state index contributed by atoms with van der Waals surface area (Å²) in [6.45, 7) is 4.00. The number of rotatable bonds is 8. The molecule has 102 valence electrons. The van der Waals surface area contributed by atoms with Gasteiger partial charge in [-0.15, -0.1) is 0 Å². The molecule has 0 heterocycles. The maximum absolute atomic E-state index is 6.14. The van der Waals surface area contributed by atoms with Gasteiger partial charge in [-0.25, -0.2) is 0 Å². The maximum atomic E-state index is 6.14. The van der Waals surface area contributed by atoms with E-state index in [-0.39, 0.29) is 6.04 Å². The van der Waals surface area contributed by atoms with Crippen LogP contribution in [0.4, 0.5) is 0 Å². The number of aryl methyl sites for hydroxylation is 1. The fourth-order valence-electron chi connectivity index (χ4n) is 1.75. The molecule has 0 aliphatic rings. The lowest BCUT2D eigenvalue weighted by molar-refractivity contribution is 0.0661. The van der Waals surface area contributed by atoms with E-state index >= 15 is 0 Å². The van der Waals surface area contributed by atoms with Crippen molar-refractivity contribution in [2.45, 2.75) is 19.4 Å². The van der Waals surface area contributed by atoms with E-state index in [1.165, 1.54) is 5.56 Å². The van der Waals surface area contributed by atoms with Crippen LogP contribution in [0.3, 0.4) is 0 Å². The van der Waals surface area contributed by atoms with E-state index in [1.807, 2.05) is 26.1 Å². The molecule has 0 aliphatic heterocycles. The molecule has 0 saturated heterocycles. The Kier molecular flexibility index (Phi) is 7.28. The van der Waals surface area contributed by atoms with Crippen LogP contribution in [0.1, 0.15) is 23.6 Å². The van der Waals surface area contributed by atoms with E-state index in [1.54, 1.807) is 7.11 Å². The summed E-state index contributed by atoms with van der Waals surface area (Å²) in [7, 11) is 3.63. The van der Waals surface area contributed by atoms with Crippen LogP contribution in [0.25, 0.3) is 0 Å². The SMILES string of the molecule is CNC(CCOCCOC)c1ccc(C)c(Cl)c1. The molecule has 0 radical (unpaired) electrons. The van der Waals surface area contributed by atoms with Gasteiger partial charge < -0.3 is 14.8 Å². The van der Waals surface area contributed by atoms with Gasteiger partial charge >= 0.3 is 0 Å². The Bertz CT molecular complexity index is 358. The molecule has 3 nitrogen and oxygen atoms in total. The molecule has 0 aromatic heterocycles. The van der Waals surface area contributed by atoms with Crippen LogP contribution in [-0.2, 0) is 9.47 Å². The van der Waals surface area contributed by atoms with Crippen molar-refractivity contribution in [1.29, 1.82) is 0 Å². The number of hydrogen-bond donors (Lipinski definition) is 1. The summed E-state index contributed by atoms with van der Waals surface area (Å²) < 4.78 is 10.4. The lowest BCUT2D eigenvalue weighted by Gasteiger charge is -2.17. The van der Waals surface area contributed by atoms with Gasteiger partial charge in [0, 0.05) is 24.8 Å². The third-order valence-electron chi connectivity index (χ3n) is 2.93. The van der Waals surface area contributed by atoms with Gasteiger partial charge in [0.1, 0.15) is 0 Å². The number of nitrogens with one attached hydrogen (secondary N) is 1. The van der Waals surface area contributed by atoms with Gasteiger partial charge in [-0.3, -0.25) is 0 Å². The van der Waals surface area contributed by atoms with Crippen LogP contribution in [0.5, 0.6) is 0 Å². The van der Waals surface area contributed by atoms with Crippen LogP contribution < -0.4 is 5.32 Å². The van der Waals surface area contributed by atoms with E-state index in [0.717, 1.165) is 17.0 Å². The van der Waals surface area contributed by atoms with Gasteiger partial charge in [-0.2, -0.15) is 0 Å². The highest BCUT2D eigenvalue weighted by Gasteiger charge is 2.10. The molecule has 1 N–H and O–H groups in total. The number of hydrogen-bond acceptors (Lipinski definition) is 3. The zero-order chi connectivity index (χ0) is 13.4. The van der Waals surface area contributed by atoms with Crippen molar-refractivity contribution in [3.8, 4) is 0 Å². The minimum absolute atomic E-state index is 0.269. The van der Waals surface area contributed by atoms with E-state index in [4.69, 9.17) is 21.1 Å². The number of halogens is 1. The van der Waals surface area contributed by atoms with Crippen molar-refractivity contribution in [2.24, 2.45) is 0 Å². The topological polar surface area (TPSA) is 30.5 Å². The fourth-order valence-corrected chi connectivity index (χ4v) is 1.94. The highest BCUT2D eigenvalue weighted by atomic mass is 35.5. The molecule has 0 spiro atoms. The second-order valence-corrected chi connectivity index (χ2v) is 4.65. The Morgan fingerprint density at radius 2 is 2.06 bits per heavy atom. The van der Waals surface area contributed by atoms with Crippen LogP contribution in [-0.4, -0.2) is 34.0 Å². The van der Waals surface area contributed by atoms with Crippen LogP contribution >= 0.6 is 11.6 Å². The van der Waals surface area contributed by atoms with Crippen LogP contribution in [0, 0.1) is 6.92 Å². The lowest BCUT2D eigenvalue weighted by atomic mass is 10.0. The predicted octanol–water partition coefficient (Wildman–Crippen LogP) is 2.96. The Balaban J connectivity index is 2.47. The van der Waals surface area contributed by atoms with E-state index in [0.29, 0.717) is 19.8 Å². The molecule has 0 aliphatic carbocycles. The highest BCUT2D eigenvalue weighted by molar-refractivity contribution is 6.31. The van der Waals surface area contributed by atoms with Crippen LogP contribution in [0.15, 0.2) is 18.2 Å². The molecule has 0 bridgehead atoms. The Hall–Kier alpha value is -0.610. The number of benzene rings is 1. The van der Waals surface area contributed by atoms with Gasteiger partial charge in [0.05, 0.1) is 13.2 Å². The number of methoxy groups -OCH3 is 1. The minimum Gasteiger partial charge on any atom is -0.382 e. The van der Waals surface area contributed by atoms with Crippen LogP contribution in [0.2, 0.25) is 5.02 Å². The Morgan fingerprint density at radius 3 is 2.67 bits per heavy atom. The van der Waals surface area contributed by atoms with Crippen molar-refractivity contribution in [3.63, 3.8) is 0 Å². The zero-order valence-electron chi connectivity index (χ0n) is 11.3. The molecule has 4 heteroatoms. The summed E-state index contributed by atoms with van der Waals surface area (Å²) in [4.78, 5) is 0. The smallest absolute Gasteiger partial charge is 0.0700 e. The molecule has 0 fully saturated rings. The molecule has 1 unspecified atom stereocenters. The third kappa shape index (κ3) is 4.94. The largest absolute Gasteiger partial charge is 0.382 e. The first-order chi connectivity index (χ1) is 8.69. The van der Waals surface area contributed by atoms with Gasteiger partial charge in [0.25, 0.3) is 0 Å². The fraction of sp³-hybridized carbons (Fsp3) is 0.571. The Labute approximate surface area is 114 Å². The predicted molar refractivity (Wildman–Crippen MR) is 75.3 cm³/mol. The molecule has 1 aromatic rings. The summed E-state index contributed by atoms with van der Waals surface area (Å²) in [5.74, 6) is 0. The standard InChI is InChI=1S/C14H22ClNO2/c1-11-4-5-12(10-13(11)15)14(16-2)6-7-18-9-8-17-3/h4-5,10,14,16H,6-9H2,1-3H3. The van der Waals surface area contributed by atoms with Crippen molar-refractivity contribution < 1.29 is 9.47 Å². The molecule has 1 atom stereocenters. The molecule has 1 aromatic carbocycles. The Morgan fingerprint density at radius 1 is 1.28 bits per heavy atom. The maximum Gasteiger partial charge on any atom is 0.0700 e. The minimum atomic E-state index is 0.269. The summed E-state index contributed by atoms with van der Waals surface area (Å²) in [5.41, 5.74) is 2.30. The van der Waals surface area contributed by atoms with Gasteiger partial charge in [-0.1, -0.05) is 23.7 Å².